The van der Waals surface area contributed by atoms with Crippen LogP contribution in [0.5, 0.6) is 0 Å². The van der Waals surface area contributed by atoms with E-state index >= 15 is 0 Å². The molecule has 0 aliphatic heterocycles. The van der Waals surface area contributed by atoms with Gasteiger partial charge in [0.1, 0.15) is 0 Å². The molecule has 134 valence electrons. The molecular formula is C15H28IN3O2S2. The first-order valence-corrected chi connectivity index (χ1v) is 9.98. The van der Waals surface area contributed by atoms with Gasteiger partial charge in [0.2, 0.25) is 0 Å². The van der Waals surface area contributed by atoms with Crippen LogP contribution < -0.4 is 10.6 Å². The number of guanidine groups is 1. The van der Waals surface area contributed by atoms with Gasteiger partial charge in [-0.05, 0) is 39.8 Å². The molecule has 1 atom stereocenters. The predicted molar refractivity (Wildman–Crippen MR) is 111 cm³/mol. The van der Waals surface area contributed by atoms with Crippen LogP contribution in [0.25, 0.3) is 0 Å². The fraction of sp³-hybridized carbons (Fsp3) is 0.667. The van der Waals surface area contributed by atoms with E-state index in [0.717, 1.165) is 6.42 Å². The maximum absolute atomic E-state index is 11.7. The van der Waals surface area contributed by atoms with Gasteiger partial charge >= 0.3 is 0 Å². The van der Waals surface area contributed by atoms with Gasteiger partial charge in [0.15, 0.2) is 15.8 Å². The van der Waals surface area contributed by atoms with Crippen LogP contribution in [0.15, 0.2) is 17.1 Å². The third kappa shape index (κ3) is 7.38. The first-order chi connectivity index (χ1) is 10.0. The number of aliphatic imine (C=N–C) groups is 1. The van der Waals surface area contributed by atoms with Crippen LogP contribution in [0, 0.1) is 6.92 Å². The molecule has 0 aliphatic carbocycles. The smallest absolute Gasteiger partial charge is 0.191 e. The lowest BCUT2D eigenvalue weighted by Gasteiger charge is -2.25. The minimum Gasteiger partial charge on any atom is -0.355 e. The zero-order valence-electron chi connectivity index (χ0n) is 14.6. The van der Waals surface area contributed by atoms with Gasteiger partial charge in [0.25, 0.3) is 0 Å². The lowest BCUT2D eigenvalue weighted by Crippen LogP contribution is -2.49. The number of hydrogen-bond donors (Lipinski definition) is 2. The number of nitrogens with one attached hydrogen (secondary N) is 2. The third-order valence-corrected chi connectivity index (χ3v) is 6.77. The molecule has 1 aromatic heterocycles. The Balaban J connectivity index is 0.00000484. The van der Waals surface area contributed by atoms with Crippen molar-refractivity contribution in [1.29, 1.82) is 0 Å². The quantitative estimate of drug-likeness (QED) is 0.379. The summed E-state index contributed by atoms with van der Waals surface area (Å²) < 4.78 is 22.6. The molecule has 23 heavy (non-hydrogen) atoms. The molecule has 0 fully saturated rings. The molecule has 0 saturated heterocycles. The number of thiophene rings is 1. The predicted octanol–water partition coefficient (Wildman–Crippen LogP) is 2.59. The van der Waals surface area contributed by atoms with Gasteiger partial charge in [0, 0.05) is 42.1 Å². The van der Waals surface area contributed by atoms with Gasteiger partial charge in [-0.25, -0.2) is 8.42 Å². The molecule has 1 rings (SSSR count). The van der Waals surface area contributed by atoms with E-state index in [1.807, 2.05) is 0 Å². The zero-order valence-corrected chi connectivity index (χ0v) is 18.6. The first kappa shape index (κ1) is 22.6. The molecule has 5 nitrogen and oxygen atoms in total. The Kier molecular flexibility index (Phi) is 9.08. The summed E-state index contributed by atoms with van der Waals surface area (Å²) >= 11 is 1.79. The van der Waals surface area contributed by atoms with Crippen LogP contribution in [0.3, 0.4) is 0 Å². The number of aryl methyl sites for hydroxylation is 1. The van der Waals surface area contributed by atoms with E-state index in [2.05, 4.69) is 41.6 Å². The molecular weight excluding hydrogens is 445 g/mol. The van der Waals surface area contributed by atoms with Crippen LogP contribution in [0.1, 0.15) is 30.5 Å². The molecule has 8 heteroatoms. The van der Waals surface area contributed by atoms with Crippen LogP contribution in [0.4, 0.5) is 0 Å². The fourth-order valence-corrected chi connectivity index (χ4v) is 3.16. The normalized spacial score (nSPS) is 14.1. The highest BCUT2D eigenvalue weighted by Gasteiger charge is 2.30. The first-order valence-electron chi connectivity index (χ1n) is 7.27. The van der Waals surface area contributed by atoms with E-state index in [-0.39, 0.29) is 30.0 Å². The zero-order chi connectivity index (χ0) is 17.0. The summed E-state index contributed by atoms with van der Waals surface area (Å²) in [5.74, 6) is 0.623. The summed E-state index contributed by atoms with van der Waals surface area (Å²) in [5, 5.41) is 6.40. The Morgan fingerprint density at radius 1 is 1.39 bits per heavy atom. The van der Waals surface area contributed by atoms with E-state index in [1.165, 1.54) is 16.0 Å². The van der Waals surface area contributed by atoms with E-state index < -0.39 is 14.6 Å². The average molecular weight is 473 g/mol. The van der Waals surface area contributed by atoms with Crippen LogP contribution in [-0.2, 0) is 16.3 Å². The maximum atomic E-state index is 11.7. The monoisotopic (exact) mass is 473 g/mol. The Bertz CT molecular complexity index is 624. The topological polar surface area (TPSA) is 70.6 Å². The Morgan fingerprint density at radius 3 is 2.43 bits per heavy atom. The molecule has 0 aromatic carbocycles. The summed E-state index contributed by atoms with van der Waals surface area (Å²) in [6.45, 7) is 7.92. The summed E-state index contributed by atoms with van der Waals surface area (Å²) in [7, 11) is -1.44. The van der Waals surface area contributed by atoms with Crippen molar-refractivity contribution < 1.29 is 8.42 Å². The van der Waals surface area contributed by atoms with E-state index in [9.17, 15) is 8.42 Å². The lowest BCUT2D eigenvalue weighted by molar-refractivity contribution is 0.542. The standard InChI is InChI=1S/C15H27N3O2S2.HI/c1-11(9-13-8-7-12(2)21-13)18-14(16-5)17-10-15(3,4)22(6,19)20;/h7-8,11H,9-10H2,1-6H3,(H2,16,17,18);1H. The Hall–Kier alpha value is -0.350. The molecule has 0 spiro atoms. The molecule has 0 saturated carbocycles. The largest absolute Gasteiger partial charge is 0.355 e. The number of sulfone groups is 1. The minimum absolute atomic E-state index is 0. The number of rotatable bonds is 6. The molecule has 1 aromatic rings. The summed E-state index contributed by atoms with van der Waals surface area (Å²) in [4.78, 5) is 6.79. The second kappa shape index (κ2) is 9.22. The van der Waals surface area contributed by atoms with Crippen LogP contribution in [0.2, 0.25) is 0 Å². The molecule has 0 amide bonds. The van der Waals surface area contributed by atoms with Gasteiger partial charge in [-0.1, -0.05) is 0 Å². The summed E-state index contributed by atoms with van der Waals surface area (Å²) in [6, 6.07) is 4.47. The van der Waals surface area contributed by atoms with Crippen molar-refractivity contribution in [3.05, 3.63) is 21.9 Å². The SMILES string of the molecule is CN=C(NCC(C)(C)S(C)(=O)=O)NC(C)Cc1ccc(C)s1.I. The number of nitrogens with zero attached hydrogens (tertiary/aromatic N) is 1. The van der Waals surface area contributed by atoms with Crippen molar-refractivity contribution >= 4 is 51.1 Å². The Labute approximate surface area is 161 Å². The van der Waals surface area contributed by atoms with Crippen LogP contribution >= 0.6 is 35.3 Å². The van der Waals surface area contributed by atoms with E-state index in [4.69, 9.17) is 0 Å². The number of halogens is 1. The van der Waals surface area contributed by atoms with Crippen molar-refractivity contribution in [3.63, 3.8) is 0 Å². The van der Waals surface area contributed by atoms with Crippen molar-refractivity contribution in [1.82, 2.24) is 10.6 Å². The highest BCUT2D eigenvalue weighted by molar-refractivity contribution is 14.0. The molecule has 2 N–H and O–H groups in total. The second-order valence-electron chi connectivity index (χ2n) is 6.22. The van der Waals surface area contributed by atoms with Gasteiger partial charge in [-0.2, -0.15) is 0 Å². The van der Waals surface area contributed by atoms with Crippen molar-refractivity contribution in [3.8, 4) is 0 Å². The number of hydrogen-bond acceptors (Lipinski definition) is 4. The molecule has 0 radical (unpaired) electrons. The van der Waals surface area contributed by atoms with Gasteiger partial charge in [-0.3, -0.25) is 4.99 Å². The van der Waals surface area contributed by atoms with Gasteiger partial charge in [-0.15, -0.1) is 35.3 Å². The summed E-state index contributed by atoms with van der Waals surface area (Å²) in [6.07, 6.45) is 2.17. The third-order valence-electron chi connectivity index (χ3n) is 3.60. The van der Waals surface area contributed by atoms with Gasteiger partial charge in [0.05, 0.1) is 4.75 Å². The van der Waals surface area contributed by atoms with E-state index in [0.29, 0.717) is 12.5 Å². The van der Waals surface area contributed by atoms with Crippen molar-refractivity contribution in [2.24, 2.45) is 4.99 Å². The lowest BCUT2D eigenvalue weighted by atomic mass is 10.2. The average Bonchev–Trinajstić information content (AvgIpc) is 2.78. The van der Waals surface area contributed by atoms with Crippen molar-refractivity contribution in [2.45, 2.75) is 44.9 Å². The minimum atomic E-state index is -3.12. The van der Waals surface area contributed by atoms with E-state index in [1.54, 1.807) is 32.2 Å². The molecule has 0 bridgehead atoms. The molecule has 1 heterocycles. The fourth-order valence-electron chi connectivity index (χ4n) is 1.80. The molecule has 1 unspecified atom stereocenters. The maximum Gasteiger partial charge on any atom is 0.191 e. The highest BCUT2D eigenvalue weighted by atomic mass is 127. The van der Waals surface area contributed by atoms with Crippen LogP contribution in [-0.4, -0.2) is 45.0 Å². The Morgan fingerprint density at radius 2 is 2.00 bits per heavy atom. The van der Waals surface area contributed by atoms with Crippen molar-refractivity contribution in [2.75, 3.05) is 19.8 Å². The molecule has 0 aliphatic rings. The summed E-state index contributed by atoms with van der Waals surface area (Å²) in [5.41, 5.74) is 0. The highest BCUT2D eigenvalue weighted by Crippen LogP contribution is 2.17. The second-order valence-corrected chi connectivity index (χ2v) is 10.2. The van der Waals surface area contributed by atoms with Gasteiger partial charge < -0.3 is 10.6 Å².